The van der Waals surface area contributed by atoms with Gasteiger partial charge in [0.1, 0.15) is 0 Å². The molecule has 0 bridgehead atoms. The van der Waals surface area contributed by atoms with E-state index in [1.807, 2.05) is 9.58 Å². The van der Waals surface area contributed by atoms with Crippen LogP contribution in [0.1, 0.15) is 37.9 Å². The van der Waals surface area contributed by atoms with Crippen molar-refractivity contribution in [2.75, 3.05) is 32.7 Å². The van der Waals surface area contributed by atoms with Gasteiger partial charge in [0.15, 0.2) is 0 Å². The number of rotatable bonds is 2. The van der Waals surface area contributed by atoms with Crippen molar-refractivity contribution in [3.8, 4) is 0 Å². The van der Waals surface area contributed by atoms with Crippen molar-refractivity contribution in [2.24, 2.45) is 5.92 Å². The molecule has 1 aromatic heterocycles. The van der Waals surface area contributed by atoms with Gasteiger partial charge in [-0.3, -0.25) is 4.79 Å². The highest BCUT2D eigenvalue weighted by molar-refractivity contribution is 5.79. The van der Waals surface area contributed by atoms with Crippen LogP contribution in [0.3, 0.4) is 0 Å². The molecule has 126 valence electrons. The molecule has 3 aliphatic heterocycles. The smallest absolute Gasteiger partial charge is 0.225 e. The van der Waals surface area contributed by atoms with Gasteiger partial charge in [0, 0.05) is 19.0 Å². The SMILES string of the molecule is CCN1CCC(C(=O)N2CCC3OCc4cnnn4C3C2)CC1. The average Bonchev–Trinajstić information content (AvgIpc) is 3.10. The second-order valence-corrected chi connectivity index (χ2v) is 6.87. The quantitative estimate of drug-likeness (QED) is 0.802. The summed E-state index contributed by atoms with van der Waals surface area (Å²) in [6.45, 7) is 7.45. The maximum absolute atomic E-state index is 12.9. The molecule has 0 spiro atoms. The van der Waals surface area contributed by atoms with Crippen LogP contribution in [-0.2, 0) is 16.1 Å². The second kappa shape index (κ2) is 6.20. The first-order valence-corrected chi connectivity index (χ1v) is 8.78. The van der Waals surface area contributed by atoms with E-state index in [0.29, 0.717) is 19.1 Å². The molecular formula is C16H25N5O2. The molecule has 23 heavy (non-hydrogen) atoms. The van der Waals surface area contributed by atoms with Crippen molar-refractivity contribution in [2.45, 2.75) is 44.9 Å². The summed E-state index contributed by atoms with van der Waals surface area (Å²) in [7, 11) is 0. The van der Waals surface area contributed by atoms with Gasteiger partial charge in [-0.2, -0.15) is 0 Å². The molecular weight excluding hydrogens is 294 g/mol. The molecule has 0 radical (unpaired) electrons. The highest BCUT2D eigenvalue weighted by Gasteiger charge is 2.39. The summed E-state index contributed by atoms with van der Waals surface area (Å²) in [5.41, 5.74) is 1.01. The molecule has 2 unspecified atom stereocenters. The summed E-state index contributed by atoms with van der Waals surface area (Å²) in [5, 5.41) is 8.21. The van der Waals surface area contributed by atoms with Crippen molar-refractivity contribution in [3.63, 3.8) is 0 Å². The lowest BCUT2D eigenvalue weighted by Gasteiger charge is -2.42. The molecule has 0 saturated carbocycles. The minimum atomic E-state index is 0.120. The molecule has 0 aliphatic carbocycles. The van der Waals surface area contributed by atoms with E-state index in [0.717, 1.165) is 51.1 Å². The highest BCUT2D eigenvalue weighted by Crippen LogP contribution is 2.31. The number of fused-ring (bicyclic) bond motifs is 3. The zero-order chi connectivity index (χ0) is 15.8. The molecule has 7 nitrogen and oxygen atoms in total. The van der Waals surface area contributed by atoms with Gasteiger partial charge >= 0.3 is 0 Å². The maximum atomic E-state index is 12.9. The number of hydrogen-bond donors (Lipinski definition) is 0. The Morgan fingerprint density at radius 2 is 2.13 bits per heavy atom. The van der Waals surface area contributed by atoms with Crippen LogP contribution in [0.5, 0.6) is 0 Å². The molecule has 0 aromatic carbocycles. The summed E-state index contributed by atoms with van der Waals surface area (Å²) in [6.07, 6.45) is 4.79. The van der Waals surface area contributed by atoms with Crippen LogP contribution in [0.2, 0.25) is 0 Å². The first-order valence-electron chi connectivity index (χ1n) is 8.78. The van der Waals surface area contributed by atoms with Crippen LogP contribution in [0.15, 0.2) is 6.20 Å². The van der Waals surface area contributed by atoms with Crippen LogP contribution in [0.25, 0.3) is 0 Å². The number of amides is 1. The molecule has 4 rings (SSSR count). The normalized spacial score (nSPS) is 29.2. The number of carbonyl (C=O) groups excluding carboxylic acids is 1. The fourth-order valence-electron chi connectivity index (χ4n) is 4.13. The van der Waals surface area contributed by atoms with Gasteiger partial charge in [-0.15, -0.1) is 5.10 Å². The number of carbonyl (C=O) groups is 1. The molecule has 1 amide bonds. The Morgan fingerprint density at radius 3 is 2.91 bits per heavy atom. The van der Waals surface area contributed by atoms with Gasteiger partial charge < -0.3 is 14.5 Å². The number of aromatic nitrogens is 3. The molecule has 2 atom stereocenters. The van der Waals surface area contributed by atoms with Gasteiger partial charge in [0.05, 0.1) is 30.6 Å². The fraction of sp³-hybridized carbons (Fsp3) is 0.812. The van der Waals surface area contributed by atoms with E-state index in [9.17, 15) is 4.79 Å². The zero-order valence-electron chi connectivity index (χ0n) is 13.7. The molecule has 1 aromatic rings. The summed E-state index contributed by atoms with van der Waals surface area (Å²) in [6, 6.07) is 0.120. The molecule has 0 N–H and O–H groups in total. The van der Waals surface area contributed by atoms with Gasteiger partial charge in [-0.1, -0.05) is 12.1 Å². The summed E-state index contributed by atoms with van der Waals surface area (Å²) >= 11 is 0. The largest absolute Gasteiger partial charge is 0.370 e. The molecule has 4 heterocycles. The lowest BCUT2D eigenvalue weighted by Crippen LogP contribution is -2.52. The van der Waals surface area contributed by atoms with Crippen molar-refractivity contribution < 1.29 is 9.53 Å². The number of ether oxygens (including phenoxy) is 1. The average molecular weight is 319 g/mol. The van der Waals surface area contributed by atoms with Gasteiger partial charge in [-0.25, -0.2) is 4.68 Å². The highest BCUT2D eigenvalue weighted by atomic mass is 16.5. The van der Waals surface area contributed by atoms with Crippen molar-refractivity contribution in [1.82, 2.24) is 24.8 Å². The van der Waals surface area contributed by atoms with Crippen LogP contribution in [0, 0.1) is 5.92 Å². The van der Waals surface area contributed by atoms with E-state index in [2.05, 4.69) is 22.1 Å². The second-order valence-electron chi connectivity index (χ2n) is 6.87. The molecule has 3 aliphatic rings. The Morgan fingerprint density at radius 1 is 1.30 bits per heavy atom. The fourth-order valence-corrected chi connectivity index (χ4v) is 4.13. The number of piperidine rings is 2. The molecule has 2 saturated heterocycles. The van der Waals surface area contributed by atoms with Gasteiger partial charge in [-0.05, 0) is 38.9 Å². The summed E-state index contributed by atoms with van der Waals surface area (Å²) in [4.78, 5) is 17.4. The maximum Gasteiger partial charge on any atom is 0.225 e. The van der Waals surface area contributed by atoms with E-state index < -0.39 is 0 Å². The van der Waals surface area contributed by atoms with Crippen LogP contribution >= 0.6 is 0 Å². The Hall–Kier alpha value is -1.47. The monoisotopic (exact) mass is 319 g/mol. The van der Waals surface area contributed by atoms with Crippen molar-refractivity contribution in [1.29, 1.82) is 0 Å². The standard InChI is InChI=1S/C16H25N5O2/c1-2-19-6-3-12(4-7-19)16(22)20-8-5-15-14(10-20)21-13(11-23-15)9-17-18-21/h9,12,14-15H,2-8,10-11H2,1H3. The van der Waals surface area contributed by atoms with Crippen LogP contribution in [0.4, 0.5) is 0 Å². The third-order valence-corrected chi connectivity index (χ3v) is 5.62. The topological polar surface area (TPSA) is 63.5 Å². The molecule has 2 fully saturated rings. The third kappa shape index (κ3) is 2.76. The van der Waals surface area contributed by atoms with Gasteiger partial charge in [0.25, 0.3) is 0 Å². The lowest BCUT2D eigenvalue weighted by atomic mass is 9.93. The predicted octanol–water partition coefficient (Wildman–Crippen LogP) is 0.682. The lowest BCUT2D eigenvalue weighted by molar-refractivity contribution is -0.143. The number of nitrogens with zero attached hydrogens (tertiary/aromatic N) is 5. The Bertz CT molecular complexity index is 567. The predicted molar refractivity (Wildman–Crippen MR) is 83.7 cm³/mol. The Labute approximate surface area is 136 Å². The van der Waals surface area contributed by atoms with Gasteiger partial charge in [0.2, 0.25) is 5.91 Å². The third-order valence-electron chi connectivity index (χ3n) is 5.62. The number of hydrogen-bond acceptors (Lipinski definition) is 5. The first kappa shape index (κ1) is 15.1. The van der Waals surface area contributed by atoms with Crippen molar-refractivity contribution >= 4 is 5.91 Å². The summed E-state index contributed by atoms with van der Waals surface area (Å²) < 4.78 is 7.89. The minimum absolute atomic E-state index is 0.120. The van der Waals surface area contributed by atoms with Crippen LogP contribution in [-0.4, -0.2) is 69.5 Å². The Kier molecular flexibility index (Phi) is 4.07. The molecule has 7 heteroatoms. The minimum Gasteiger partial charge on any atom is -0.370 e. The Balaban J connectivity index is 1.42. The van der Waals surface area contributed by atoms with E-state index in [1.54, 1.807) is 6.20 Å². The van der Waals surface area contributed by atoms with Crippen molar-refractivity contribution in [3.05, 3.63) is 11.9 Å². The van der Waals surface area contributed by atoms with E-state index in [-0.39, 0.29) is 18.1 Å². The first-order chi connectivity index (χ1) is 11.3. The van der Waals surface area contributed by atoms with E-state index in [1.165, 1.54) is 0 Å². The summed E-state index contributed by atoms with van der Waals surface area (Å²) in [5.74, 6) is 0.514. The van der Waals surface area contributed by atoms with Crippen LogP contribution < -0.4 is 0 Å². The van der Waals surface area contributed by atoms with E-state index in [4.69, 9.17) is 4.74 Å². The van der Waals surface area contributed by atoms with E-state index >= 15 is 0 Å². The number of likely N-dealkylation sites (tertiary alicyclic amines) is 2. The zero-order valence-corrected chi connectivity index (χ0v) is 13.7.